The maximum Gasteiger partial charge on any atom is 0.273 e. The summed E-state index contributed by atoms with van der Waals surface area (Å²) >= 11 is 1.45. The van der Waals surface area contributed by atoms with Crippen LogP contribution < -0.4 is 0 Å². The third-order valence-corrected chi connectivity index (χ3v) is 4.94. The summed E-state index contributed by atoms with van der Waals surface area (Å²) < 4.78 is 12.9. The summed E-state index contributed by atoms with van der Waals surface area (Å²) in [4.78, 5) is 18.7. The SMILES string of the molecule is C[C@@H]1CC[C@H](CCc2ccc(F)cc2)N1C(=O)c1cscn1. The van der Waals surface area contributed by atoms with E-state index in [1.54, 1.807) is 5.51 Å². The van der Waals surface area contributed by atoms with Gasteiger partial charge in [0.15, 0.2) is 0 Å². The average Bonchev–Trinajstić information content (AvgIpc) is 3.16. The van der Waals surface area contributed by atoms with Gasteiger partial charge in [-0.1, -0.05) is 12.1 Å². The second-order valence-corrected chi connectivity index (χ2v) is 6.55. The van der Waals surface area contributed by atoms with Crippen LogP contribution in [-0.4, -0.2) is 27.9 Å². The van der Waals surface area contributed by atoms with Crippen molar-refractivity contribution in [3.8, 4) is 0 Å². The molecule has 3 nitrogen and oxygen atoms in total. The fraction of sp³-hybridized carbons (Fsp3) is 0.412. The van der Waals surface area contributed by atoms with Crippen LogP contribution in [0, 0.1) is 5.82 Å². The minimum absolute atomic E-state index is 0.0374. The lowest BCUT2D eigenvalue weighted by molar-refractivity contribution is 0.0667. The van der Waals surface area contributed by atoms with Crippen LogP contribution in [0.15, 0.2) is 35.2 Å². The monoisotopic (exact) mass is 318 g/mol. The van der Waals surface area contributed by atoms with Gasteiger partial charge in [-0.15, -0.1) is 11.3 Å². The second kappa shape index (κ2) is 6.57. The first-order valence-electron chi connectivity index (χ1n) is 7.60. The van der Waals surface area contributed by atoms with Crippen molar-refractivity contribution in [2.45, 2.75) is 44.7 Å². The molecule has 0 N–H and O–H groups in total. The van der Waals surface area contributed by atoms with E-state index in [4.69, 9.17) is 0 Å². The topological polar surface area (TPSA) is 33.2 Å². The van der Waals surface area contributed by atoms with E-state index < -0.39 is 0 Å². The lowest BCUT2D eigenvalue weighted by atomic mass is 10.0. The van der Waals surface area contributed by atoms with E-state index in [2.05, 4.69) is 11.9 Å². The van der Waals surface area contributed by atoms with Crippen molar-refractivity contribution in [2.75, 3.05) is 0 Å². The normalized spacial score (nSPS) is 21.3. The molecule has 116 valence electrons. The Morgan fingerprint density at radius 2 is 2.14 bits per heavy atom. The van der Waals surface area contributed by atoms with Gasteiger partial charge < -0.3 is 4.90 Å². The predicted octanol–water partition coefficient (Wildman–Crippen LogP) is 3.91. The van der Waals surface area contributed by atoms with Gasteiger partial charge in [-0.25, -0.2) is 9.37 Å². The molecule has 2 atom stereocenters. The molecule has 0 unspecified atom stereocenters. The van der Waals surface area contributed by atoms with E-state index in [9.17, 15) is 9.18 Å². The van der Waals surface area contributed by atoms with E-state index in [0.717, 1.165) is 31.2 Å². The molecule has 2 heterocycles. The van der Waals surface area contributed by atoms with Crippen LogP contribution in [0.3, 0.4) is 0 Å². The van der Waals surface area contributed by atoms with Crippen LogP contribution in [0.4, 0.5) is 4.39 Å². The second-order valence-electron chi connectivity index (χ2n) is 5.83. The number of aryl methyl sites for hydroxylation is 1. The number of hydrogen-bond acceptors (Lipinski definition) is 3. The van der Waals surface area contributed by atoms with E-state index >= 15 is 0 Å². The Morgan fingerprint density at radius 1 is 1.36 bits per heavy atom. The summed E-state index contributed by atoms with van der Waals surface area (Å²) in [5.74, 6) is -0.172. The molecule has 3 rings (SSSR count). The molecule has 1 aliphatic heterocycles. The summed E-state index contributed by atoms with van der Waals surface area (Å²) in [7, 11) is 0. The van der Waals surface area contributed by atoms with Crippen LogP contribution in [0.25, 0.3) is 0 Å². The molecular formula is C17H19FN2OS. The summed E-state index contributed by atoms with van der Waals surface area (Å²) in [6.07, 6.45) is 3.83. The molecule has 1 amide bonds. The van der Waals surface area contributed by atoms with Crippen molar-refractivity contribution in [2.24, 2.45) is 0 Å². The largest absolute Gasteiger partial charge is 0.332 e. The van der Waals surface area contributed by atoms with Gasteiger partial charge in [0, 0.05) is 17.5 Å². The molecule has 1 aromatic carbocycles. The van der Waals surface area contributed by atoms with Crippen LogP contribution in [0.1, 0.15) is 42.2 Å². The predicted molar refractivity (Wildman–Crippen MR) is 85.5 cm³/mol. The van der Waals surface area contributed by atoms with Gasteiger partial charge in [-0.2, -0.15) is 0 Å². The number of aromatic nitrogens is 1. The highest BCUT2D eigenvalue weighted by atomic mass is 32.1. The van der Waals surface area contributed by atoms with Gasteiger partial charge in [0.2, 0.25) is 0 Å². The Bertz CT molecular complexity index is 627. The van der Waals surface area contributed by atoms with Crippen molar-refractivity contribution in [3.05, 3.63) is 52.2 Å². The molecule has 0 bridgehead atoms. The van der Waals surface area contributed by atoms with E-state index in [1.165, 1.54) is 23.5 Å². The Kier molecular flexibility index (Phi) is 4.52. The first-order chi connectivity index (χ1) is 10.6. The van der Waals surface area contributed by atoms with Crippen molar-refractivity contribution < 1.29 is 9.18 Å². The van der Waals surface area contributed by atoms with Gasteiger partial charge >= 0.3 is 0 Å². The molecule has 1 saturated heterocycles. The fourth-order valence-corrected chi connectivity index (χ4v) is 3.68. The van der Waals surface area contributed by atoms with E-state index in [-0.39, 0.29) is 23.8 Å². The minimum atomic E-state index is -0.210. The first-order valence-corrected chi connectivity index (χ1v) is 8.54. The van der Waals surface area contributed by atoms with E-state index in [0.29, 0.717) is 5.69 Å². The van der Waals surface area contributed by atoms with Gasteiger partial charge in [0.05, 0.1) is 5.51 Å². The summed E-state index contributed by atoms with van der Waals surface area (Å²) in [6, 6.07) is 7.12. The zero-order chi connectivity index (χ0) is 15.5. The highest BCUT2D eigenvalue weighted by Gasteiger charge is 2.35. The number of likely N-dealkylation sites (tertiary alicyclic amines) is 1. The van der Waals surface area contributed by atoms with Crippen LogP contribution in [0.5, 0.6) is 0 Å². The van der Waals surface area contributed by atoms with Gasteiger partial charge in [-0.3, -0.25) is 4.79 Å². The van der Waals surface area contributed by atoms with Gasteiger partial charge in [0.25, 0.3) is 5.91 Å². The standard InChI is InChI=1S/C17H19FN2OS/c1-12-2-8-15(9-5-13-3-6-14(18)7-4-13)20(12)17(21)16-10-22-11-19-16/h3-4,6-7,10-12,15H,2,5,8-9H2,1H3/t12-,15-/m1/s1. The summed E-state index contributed by atoms with van der Waals surface area (Å²) in [6.45, 7) is 2.10. The number of thiazole rings is 1. The maximum absolute atomic E-state index is 12.9. The fourth-order valence-electron chi connectivity index (χ4n) is 3.16. The van der Waals surface area contributed by atoms with Crippen LogP contribution in [-0.2, 0) is 6.42 Å². The molecule has 22 heavy (non-hydrogen) atoms. The maximum atomic E-state index is 12.9. The van der Waals surface area contributed by atoms with Crippen molar-refractivity contribution >= 4 is 17.2 Å². The molecule has 1 aliphatic rings. The summed E-state index contributed by atoms with van der Waals surface area (Å²) in [5.41, 5.74) is 3.36. The van der Waals surface area contributed by atoms with Crippen LogP contribution in [0.2, 0.25) is 0 Å². The Hall–Kier alpha value is -1.75. The minimum Gasteiger partial charge on any atom is -0.332 e. The van der Waals surface area contributed by atoms with E-state index in [1.807, 2.05) is 22.4 Å². The van der Waals surface area contributed by atoms with Gasteiger partial charge in [0.1, 0.15) is 11.5 Å². The highest BCUT2D eigenvalue weighted by molar-refractivity contribution is 7.07. The van der Waals surface area contributed by atoms with Crippen LogP contribution >= 0.6 is 11.3 Å². The Balaban J connectivity index is 1.67. The molecule has 1 aromatic heterocycles. The molecule has 0 radical (unpaired) electrons. The number of rotatable bonds is 4. The summed E-state index contributed by atoms with van der Waals surface area (Å²) in [5, 5.41) is 1.81. The number of carbonyl (C=O) groups is 1. The zero-order valence-corrected chi connectivity index (χ0v) is 13.4. The molecule has 0 aliphatic carbocycles. The third kappa shape index (κ3) is 3.19. The lowest BCUT2D eigenvalue weighted by Crippen LogP contribution is -2.40. The number of benzene rings is 1. The highest BCUT2D eigenvalue weighted by Crippen LogP contribution is 2.29. The molecule has 0 saturated carbocycles. The Labute approximate surface area is 133 Å². The molecule has 1 fully saturated rings. The number of halogens is 1. The smallest absolute Gasteiger partial charge is 0.273 e. The number of hydrogen-bond donors (Lipinski definition) is 0. The molecule has 2 aromatic rings. The average molecular weight is 318 g/mol. The first kappa shape index (κ1) is 15.2. The lowest BCUT2D eigenvalue weighted by Gasteiger charge is -2.28. The quantitative estimate of drug-likeness (QED) is 0.856. The number of carbonyl (C=O) groups excluding carboxylic acids is 1. The van der Waals surface area contributed by atoms with Gasteiger partial charge in [-0.05, 0) is 50.3 Å². The van der Waals surface area contributed by atoms with Crippen molar-refractivity contribution in [3.63, 3.8) is 0 Å². The third-order valence-electron chi connectivity index (χ3n) is 4.35. The Morgan fingerprint density at radius 3 is 2.82 bits per heavy atom. The van der Waals surface area contributed by atoms with Crippen molar-refractivity contribution in [1.82, 2.24) is 9.88 Å². The molecule has 5 heteroatoms. The molecular weight excluding hydrogens is 299 g/mol. The molecule has 0 spiro atoms. The van der Waals surface area contributed by atoms with Crippen molar-refractivity contribution in [1.29, 1.82) is 0 Å². The number of amides is 1. The zero-order valence-electron chi connectivity index (χ0n) is 12.5. The number of nitrogens with zero attached hydrogens (tertiary/aromatic N) is 2.